The molecular weight excluding hydrogens is 752 g/mol. The second-order valence-corrected chi connectivity index (χ2v) is 12.7. The van der Waals surface area contributed by atoms with Gasteiger partial charge in [0.05, 0.1) is 63.5 Å². The van der Waals surface area contributed by atoms with Crippen LogP contribution in [0.5, 0.6) is 34.5 Å². The van der Waals surface area contributed by atoms with E-state index in [-0.39, 0.29) is 16.6 Å². The Morgan fingerprint density at radius 2 is 0.923 bits per heavy atom. The average molecular weight is 796 g/mol. The summed E-state index contributed by atoms with van der Waals surface area (Å²) in [6.45, 7) is 0. The van der Waals surface area contributed by atoms with Crippen LogP contribution in [0, 0.1) is 0 Å². The van der Waals surface area contributed by atoms with Crippen LogP contribution in [0.1, 0.15) is 31.8 Å². The van der Waals surface area contributed by atoms with E-state index in [0.29, 0.717) is 55.7 Å². The highest BCUT2D eigenvalue weighted by atomic mass is 79.9. The summed E-state index contributed by atoms with van der Waals surface area (Å²) in [6.07, 6.45) is 3.30. The third kappa shape index (κ3) is 10.5. The van der Waals surface area contributed by atoms with Gasteiger partial charge in [0.15, 0.2) is 5.78 Å². The molecule has 0 heterocycles. The number of halogens is 2. The van der Waals surface area contributed by atoms with E-state index in [1.807, 2.05) is 44.1 Å². The third-order valence-electron chi connectivity index (χ3n) is 7.72. The third-order valence-corrected chi connectivity index (χ3v) is 8.59. The van der Waals surface area contributed by atoms with E-state index in [4.69, 9.17) is 40.0 Å². The number of carbonyl (C=O) groups excluding carboxylic acids is 2. The summed E-state index contributed by atoms with van der Waals surface area (Å²) >= 11 is 9.69. The molecule has 0 aromatic heterocycles. The van der Waals surface area contributed by atoms with Gasteiger partial charge in [0.25, 0.3) is 0 Å². The minimum Gasteiger partial charge on any atom is -0.497 e. The summed E-state index contributed by atoms with van der Waals surface area (Å²) in [6, 6.07) is 21.2. The minimum absolute atomic E-state index is 0.0754. The van der Waals surface area contributed by atoms with Gasteiger partial charge in [-0.3, -0.25) is 9.59 Å². The zero-order valence-corrected chi connectivity index (χ0v) is 33.3. The smallest absolute Gasteiger partial charge is 0.204 e. The van der Waals surface area contributed by atoms with E-state index in [2.05, 4.69) is 15.9 Å². The monoisotopic (exact) mass is 794 g/mol. The van der Waals surface area contributed by atoms with Gasteiger partial charge in [0.2, 0.25) is 5.78 Å². The maximum absolute atomic E-state index is 12.8. The topological polar surface area (TPSA) is 96.0 Å². The van der Waals surface area contributed by atoms with E-state index >= 15 is 0 Å². The fraction of sp³-hybridized carbons (Fsp3) is 0.250. The molecule has 10 nitrogen and oxygen atoms in total. The lowest BCUT2D eigenvalue weighted by Crippen LogP contribution is -2.11. The molecule has 0 amide bonds. The Kier molecular flexibility index (Phi) is 15.5. The molecule has 0 fully saturated rings. The summed E-state index contributed by atoms with van der Waals surface area (Å²) in [5.74, 6) is 3.54. The molecule has 0 bridgehead atoms. The zero-order chi connectivity index (χ0) is 38.5. The van der Waals surface area contributed by atoms with Crippen LogP contribution in [0.4, 0.5) is 11.4 Å². The Morgan fingerprint density at radius 1 is 0.538 bits per heavy atom. The molecule has 0 aliphatic carbocycles. The molecule has 0 saturated carbocycles. The molecule has 52 heavy (non-hydrogen) atoms. The quantitative estimate of drug-likeness (QED) is 0.0912. The van der Waals surface area contributed by atoms with Gasteiger partial charge < -0.3 is 38.2 Å². The van der Waals surface area contributed by atoms with Crippen LogP contribution in [0.15, 0.2) is 82.3 Å². The van der Waals surface area contributed by atoms with Crippen molar-refractivity contribution in [1.82, 2.24) is 0 Å². The van der Waals surface area contributed by atoms with E-state index < -0.39 is 0 Å². The van der Waals surface area contributed by atoms with Crippen molar-refractivity contribution in [3.05, 3.63) is 105 Å². The first-order valence-electron chi connectivity index (χ1n) is 15.8. The number of hydrogen-bond donors (Lipinski definition) is 0. The molecule has 0 saturated heterocycles. The molecule has 4 aromatic rings. The first-order chi connectivity index (χ1) is 24.8. The van der Waals surface area contributed by atoms with E-state index in [1.54, 1.807) is 122 Å². The van der Waals surface area contributed by atoms with Crippen LogP contribution >= 0.6 is 27.5 Å². The fourth-order valence-electron chi connectivity index (χ4n) is 4.95. The standard InChI is InChI=1S/C20H22BrNO4.C20H22ClNO4/c2*1-22(2)17-12-13(6-8-19(17)26-5)20(23)16(21)11-14-10-15(24-3)7-9-18(14)25-4/h2*6-12H,1-5H3/b2*16-11+. The molecule has 0 spiro atoms. The van der Waals surface area contributed by atoms with E-state index in [1.165, 1.54) is 0 Å². The second-order valence-electron chi connectivity index (χ2n) is 11.4. The van der Waals surface area contributed by atoms with Gasteiger partial charge in [-0.2, -0.15) is 0 Å². The Balaban J connectivity index is 0.000000280. The minimum atomic E-state index is -0.290. The highest BCUT2D eigenvalue weighted by Crippen LogP contribution is 2.33. The summed E-state index contributed by atoms with van der Waals surface area (Å²) in [5.41, 5.74) is 4.05. The maximum Gasteiger partial charge on any atom is 0.204 e. The number of benzene rings is 4. The van der Waals surface area contributed by atoms with E-state index in [9.17, 15) is 9.59 Å². The maximum atomic E-state index is 12.8. The van der Waals surface area contributed by atoms with E-state index in [0.717, 1.165) is 16.9 Å². The van der Waals surface area contributed by atoms with Gasteiger partial charge in [-0.05, 0) is 101 Å². The molecular formula is C40H44BrClN2O8. The number of allylic oxidation sites excluding steroid dienone is 2. The normalized spacial score (nSPS) is 11.1. The lowest BCUT2D eigenvalue weighted by atomic mass is 10.1. The fourth-order valence-corrected chi connectivity index (χ4v) is 5.65. The molecule has 0 radical (unpaired) electrons. The Hall–Kier alpha value is -5.13. The predicted octanol–water partition coefficient (Wildman–Crippen LogP) is 8.64. The molecule has 0 aliphatic rings. The van der Waals surface area contributed by atoms with Gasteiger partial charge in [0, 0.05) is 50.4 Å². The van der Waals surface area contributed by atoms with Crippen LogP contribution in [0.25, 0.3) is 12.2 Å². The van der Waals surface area contributed by atoms with Crippen LogP contribution in [-0.4, -0.2) is 82.4 Å². The molecule has 0 aliphatic heterocycles. The van der Waals surface area contributed by atoms with Gasteiger partial charge in [0.1, 0.15) is 34.5 Å². The number of Topliss-reactive ketones (excluding diaryl/α,β-unsaturated/α-hetero) is 2. The second kappa shape index (κ2) is 19.5. The number of methoxy groups -OCH3 is 6. The highest BCUT2D eigenvalue weighted by molar-refractivity contribution is 9.12. The van der Waals surface area contributed by atoms with Crippen molar-refractivity contribution in [3.63, 3.8) is 0 Å². The lowest BCUT2D eigenvalue weighted by Gasteiger charge is -2.17. The lowest BCUT2D eigenvalue weighted by molar-refractivity contribution is 0.103. The number of nitrogens with zero attached hydrogens (tertiary/aromatic N) is 2. The summed E-state index contributed by atoms with van der Waals surface area (Å²) in [5, 5.41) is 0.0754. The SMILES string of the molecule is COc1ccc(OC)c(/C=C(/Br)C(=O)c2ccc(OC)c(N(C)C)c2)c1.COc1ccc(OC)c(/C=C(/Cl)C(=O)c2ccc(OC)c(N(C)C)c2)c1. The van der Waals surface area contributed by atoms with Crippen molar-refractivity contribution in [1.29, 1.82) is 0 Å². The van der Waals surface area contributed by atoms with Crippen molar-refractivity contribution in [3.8, 4) is 34.5 Å². The van der Waals surface area contributed by atoms with Crippen molar-refractivity contribution in [2.75, 3.05) is 80.6 Å². The molecule has 12 heteroatoms. The largest absolute Gasteiger partial charge is 0.497 e. The number of ether oxygens (including phenoxy) is 6. The number of hydrogen-bond acceptors (Lipinski definition) is 10. The number of carbonyl (C=O) groups is 2. The Bertz CT molecular complexity index is 1800. The first kappa shape index (κ1) is 41.3. The van der Waals surface area contributed by atoms with Crippen LogP contribution < -0.4 is 38.2 Å². The summed E-state index contributed by atoms with van der Waals surface area (Å²) < 4.78 is 32.2. The van der Waals surface area contributed by atoms with Gasteiger partial charge in [-0.1, -0.05) is 11.6 Å². The molecule has 4 aromatic carbocycles. The molecule has 0 N–H and O–H groups in total. The van der Waals surface area contributed by atoms with Crippen molar-refractivity contribution in [2.24, 2.45) is 0 Å². The van der Waals surface area contributed by atoms with Crippen molar-refractivity contribution < 1.29 is 38.0 Å². The van der Waals surface area contributed by atoms with Crippen LogP contribution in [0.3, 0.4) is 0 Å². The summed E-state index contributed by atoms with van der Waals surface area (Å²) in [4.78, 5) is 29.4. The summed E-state index contributed by atoms with van der Waals surface area (Å²) in [7, 11) is 17.1. The number of ketones is 2. The van der Waals surface area contributed by atoms with Gasteiger partial charge in [-0.15, -0.1) is 0 Å². The van der Waals surface area contributed by atoms with Crippen molar-refractivity contribution >= 4 is 62.6 Å². The highest BCUT2D eigenvalue weighted by Gasteiger charge is 2.17. The zero-order valence-electron chi connectivity index (χ0n) is 31.0. The molecule has 4 rings (SSSR count). The molecule has 0 atom stereocenters. The molecule has 0 unspecified atom stereocenters. The number of rotatable bonds is 14. The van der Waals surface area contributed by atoms with Crippen molar-refractivity contribution in [2.45, 2.75) is 0 Å². The first-order valence-corrected chi connectivity index (χ1v) is 17.0. The Labute approximate surface area is 319 Å². The molecule has 276 valence electrons. The number of anilines is 2. The van der Waals surface area contributed by atoms with Crippen LogP contribution in [0.2, 0.25) is 0 Å². The Morgan fingerprint density at radius 3 is 1.31 bits per heavy atom. The van der Waals surface area contributed by atoms with Crippen LogP contribution in [-0.2, 0) is 0 Å². The predicted molar refractivity (Wildman–Crippen MR) is 213 cm³/mol. The van der Waals surface area contributed by atoms with Gasteiger partial charge in [-0.25, -0.2) is 0 Å². The average Bonchev–Trinajstić information content (AvgIpc) is 3.16. The van der Waals surface area contributed by atoms with Gasteiger partial charge >= 0.3 is 0 Å².